The fourth-order valence-electron chi connectivity index (χ4n) is 1.30. The molecule has 1 atom stereocenters. The van der Waals surface area contributed by atoms with Crippen LogP contribution in [0.3, 0.4) is 0 Å². The van der Waals surface area contributed by atoms with Crippen molar-refractivity contribution >= 4 is 34.8 Å². The Labute approximate surface area is 111 Å². The van der Waals surface area contributed by atoms with E-state index < -0.39 is 0 Å². The highest BCUT2D eigenvalue weighted by Gasteiger charge is 2.13. The molecule has 5 heteroatoms. The Balaban J connectivity index is 2.61. The van der Waals surface area contributed by atoms with Crippen molar-refractivity contribution in [3.8, 4) is 0 Å². The van der Waals surface area contributed by atoms with E-state index in [1.807, 2.05) is 13.8 Å². The van der Waals surface area contributed by atoms with Crippen molar-refractivity contribution in [2.75, 3.05) is 18.4 Å². The number of carbonyl (C=O) groups excluding carboxylic acids is 1. The van der Waals surface area contributed by atoms with Gasteiger partial charge in [-0.05, 0) is 24.7 Å². The Kier molecular flexibility index (Phi) is 5.75. The predicted octanol–water partition coefficient (Wildman–Crippen LogP) is 3.18. The molecule has 1 aromatic rings. The van der Waals surface area contributed by atoms with Crippen LogP contribution < -0.4 is 10.6 Å². The van der Waals surface area contributed by atoms with Crippen LogP contribution in [0.5, 0.6) is 0 Å². The lowest BCUT2D eigenvalue weighted by atomic mass is 10.1. The Morgan fingerprint density at radius 1 is 1.41 bits per heavy atom. The van der Waals surface area contributed by atoms with Crippen LogP contribution in [0.25, 0.3) is 0 Å². The van der Waals surface area contributed by atoms with Crippen LogP contribution >= 0.6 is 23.2 Å². The zero-order valence-electron chi connectivity index (χ0n) is 9.89. The third-order valence-corrected chi connectivity index (χ3v) is 2.88. The number of hydrogen-bond acceptors (Lipinski definition) is 2. The zero-order valence-corrected chi connectivity index (χ0v) is 11.4. The number of benzene rings is 1. The van der Waals surface area contributed by atoms with Crippen LogP contribution in [0.1, 0.15) is 13.8 Å². The maximum absolute atomic E-state index is 11.8. The second-order valence-electron chi connectivity index (χ2n) is 3.82. The SMILES string of the molecule is CCNCC(C)C(=O)Nc1ccc(Cl)cc1Cl. The van der Waals surface area contributed by atoms with E-state index in [9.17, 15) is 4.79 Å². The maximum Gasteiger partial charge on any atom is 0.228 e. The van der Waals surface area contributed by atoms with Crippen LogP contribution in [-0.2, 0) is 4.79 Å². The Morgan fingerprint density at radius 3 is 2.71 bits per heavy atom. The fraction of sp³-hybridized carbons (Fsp3) is 0.417. The first-order valence-electron chi connectivity index (χ1n) is 5.51. The van der Waals surface area contributed by atoms with Crippen molar-refractivity contribution in [2.45, 2.75) is 13.8 Å². The number of halogens is 2. The van der Waals surface area contributed by atoms with E-state index in [0.29, 0.717) is 22.3 Å². The highest BCUT2D eigenvalue weighted by atomic mass is 35.5. The minimum atomic E-state index is -0.110. The monoisotopic (exact) mass is 274 g/mol. The third kappa shape index (κ3) is 4.54. The maximum atomic E-state index is 11.8. The van der Waals surface area contributed by atoms with Gasteiger partial charge in [-0.2, -0.15) is 0 Å². The van der Waals surface area contributed by atoms with Crippen molar-refractivity contribution in [1.82, 2.24) is 5.32 Å². The summed E-state index contributed by atoms with van der Waals surface area (Å²) in [5.74, 6) is -0.170. The van der Waals surface area contributed by atoms with E-state index in [-0.39, 0.29) is 11.8 Å². The minimum Gasteiger partial charge on any atom is -0.324 e. The van der Waals surface area contributed by atoms with Gasteiger partial charge in [0.2, 0.25) is 5.91 Å². The molecular formula is C12H16Cl2N2O. The van der Waals surface area contributed by atoms with E-state index in [2.05, 4.69) is 10.6 Å². The molecule has 1 rings (SSSR count). The summed E-state index contributed by atoms with van der Waals surface area (Å²) in [4.78, 5) is 11.8. The van der Waals surface area contributed by atoms with Crippen LogP contribution in [0.15, 0.2) is 18.2 Å². The summed E-state index contributed by atoms with van der Waals surface area (Å²) in [6.45, 7) is 5.36. The van der Waals surface area contributed by atoms with Crippen molar-refractivity contribution in [3.63, 3.8) is 0 Å². The molecular weight excluding hydrogens is 259 g/mol. The molecule has 0 bridgehead atoms. The van der Waals surface area contributed by atoms with E-state index in [4.69, 9.17) is 23.2 Å². The highest BCUT2D eigenvalue weighted by Crippen LogP contribution is 2.25. The third-order valence-electron chi connectivity index (χ3n) is 2.34. The second-order valence-corrected chi connectivity index (χ2v) is 4.67. The summed E-state index contributed by atoms with van der Waals surface area (Å²) >= 11 is 11.7. The zero-order chi connectivity index (χ0) is 12.8. The van der Waals surface area contributed by atoms with Gasteiger partial charge in [-0.15, -0.1) is 0 Å². The quantitative estimate of drug-likeness (QED) is 0.866. The molecule has 0 saturated carbocycles. The van der Waals surface area contributed by atoms with Crippen molar-refractivity contribution in [1.29, 1.82) is 0 Å². The predicted molar refractivity (Wildman–Crippen MR) is 72.8 cm³/mol. The normalized spacial score (nSPS) is 12.2. The first kappa shape index (κ1) is 14.3. The first-order valence-corrected chi connectivity index (χ1v) is 6.26. The largest absolute Gasteiger partial charge is 0.324 e. The van der Waals surface area contributed by atoms with Crippen molar-refractivity contribution in [2.24, 2.45) is 5.92 Å². The van der Waals surface area contributed by atoms with Gasteiger partial charge in [0.25, 0.3) is 0 Å². The molecule has 17 heavy (non-hydrogen) atoms. The molecule has 0 fully saturated rings. The van der Waals surface area contributed by atoms with E-state index in [0.717, 1.165) is 6.54 Å². The summed E-state index contributed by atoms with van der Waals surface area (Å²) in [6, 6.07) is 4.99. The topological polar surface area (TPSA) is 41.1 Å². The summed E-state index contributed by atoms with van der Waals surface area (Å²) in [6.07, 6.45) is 0. The van der Waals surface area contributed by atoms with Crippen LogP contribution in [0.4, 0.5) is 5.69 Å². The van der Waals surface area contributed by atoms with Crippen LogP contribution in [0, 0.1) is 5.92 Å². The number of nitrogens with one attached hydrogen (secondary N) is 2. The second kappa shape index (κ2) is 6.84. The van der Waals surface area contributed by atoms with E-state index in [1.54, 1.807) is 18.2 Å². The molecule has 0 aliphatic carbocycles. The molecule has 2 N–H and O–H groups in total. The molecule has 1 unspecified atom stereocenters. The molecule has 0 aliphatic heterocycles. The van der Waals surface area contributed by atoms with Gasteiger partial charge < -0.3 is 10.6 Å². The Bertz CT molecular complexity index is 396. The molecule has 1 aromatic carbocycles. The lowest BCUT2D eigenvalue weighted by molar-refractivity contribution is -0.119. The number of hydrogen-bond donors (Lipinski definition) is 2. The van der Waals surface area contributed by atoms with Crippen molar-refractivity contribution < 1.29 is 4.79 Å². The smallest absolute Gasteiger partial charge is 0.228 e. The lowest BCUT2D eigenvalue weighted by Crippen LogP contribution is -2.30. The molecule has 0 spiro atoms. The highest BCUT2D eigenvalue weighted by molar-refractivity contribution is 6.36. The van der Waals surface area contributed by atoms with Crippen LogP contribution in [-0.4, -0.2) is 19.0 Å². The molecule has 0 radical (unpaired) electrons. The molecule has 3 nitrogen and oxygen atoms in total. The van der Waals surface area contributed by atoms with Gasteiger partial charge in [-0.25, -0.2) is 0 Å². The summed E-state index contributed by atoms with van der Waals surface area (Å²) in [5.41, 5.74) is 0.587. The lowest BCUT2D eigenvalue weighted by Gasteiger charge is -2.13. The average molecular weight is 275 g/mol. The Morgan fingerprint density at radius 2 is 2.12 bits per heavy atom. The summed E-state index contributed by atoms with van der Waals surface area (Å²) in [7, 11) is 0. The molecule has 0 heterocycles. The molecule has 0 saturated heterocycles. The Hall–Kier alpha value is -0.770. The van der Waals surface area contributed by atoms with Gasteiger partial charge in [0.15, 0.2) is 0 Å². The minimum absolute atomic E-state index is 0.0600. The number of anilines is 1. The van der Waals surface area contributed by atoms with Gasteiger partial charge >= 0.3 is 0 Å². The van der Waals surface area contributed by atoms with E-state index >= 15 is 0 Å². The first-order chi connectivity index (χ1) is 8.04. The van der Waals surface area contributed by atoms with Crippen LogP contribution in [0.2, 0.25) is 10.0 Å². The molecule has 94 valence electrons. The van der Waals surface area contributed by atoms with Gasteiger partial charge in [0.05, 0.1) is 10.7 Å². The van der Waals surface area contributed by atoms with Gasteiger partial charge in [-0.3, -0.25) is 4.79 Å². The number of carbonyl (C=O) groups is 1. The number of amides is 1. The standard InChI is InChI=1S/C12H16Cl2N2O/c1-3-15-7-8(2)12(17)16-11-5-4-9(13)6-10(11)14/h4-6,8,15H,3,7H2,1-2H3,(H,16,17). The van der Waals surface area contributed by atoms with Gasteiger partial charge in [0.1, 0.15) is 0 Å². The van der Waals surface area contributed by atoms with Crippen molar-refractivity contribution in [3.05, 3.63) is 28.2 Å². The number of rotatable bonds is 5. The molecule has 1 amide bonds. The van der Waals surface area contributed by atoms with E-state index in [1.165, 1.54) is 0 Å². The summed E-state index contributed by atoms with van der Waals surface area (Å²) < 4.78 is 0. The molecule has 0 aromatic heterocycles. The fourth-order valence-corrected chi connectivity index (χ4v) is 1.76. The molecule has 0 aliphatic rings. The summed E-state index contributed by atoms with van der Waals surface area (Å²) in [5, 5.41) is 6.90. The van der Waals surface area contributed by atoms with Gasteiger partial charge in [-0.1, -0.05) is 37.0 Å². The van der Waals surface area contributed by atoms with Gasteiger partial charge in [0, 0.05) is 17.5 Å². The average Bonchev–Trinajstić information content (AvgIpc) is 2.29.